The Labute approximate surface area is 194 Å². The summed E-state index contributed by atoms with van der Waals surface area (Å²) < 4.78 is 54.0. The quantitative estimate of drug-likeness (QED) is 0.230. The summed E-state index contributed by atoms with van der Waals surface area (Å²) in [6.07, 6.45) is 0. The van der Waals surface area contributed by atoms with Crippen molar-refractivity contribution in [1.29, 1.82) is 0 Å². The first kappa shape index (κ1) is 24.5. The first-order valence-electron chi connectivity index (χ1n) is 10.1. The second kappa shape index (κ2) is 9.79. The van der Waals surface area contributed by atoms with E-state index in [-0.39, 0.29) is 33.6 Å². The monoisotopic (exact) mass is 466 g/mol. The van der Waals surface area contributed by atoms with Gasteiger partial charge in [-0.25, -0.2) is 18.4 Å². The van der Waals surface area contributed by atoms with Crippen molar-refractivity contribution in [2.24, 2.45) is 0 Å². The van der Waals surface area contributed by atoms with E-state index in [1.807, 2.05) is 0 Å². The van der Waals surface area contributed by atoms with Gasteiger partial charge in [0.2, 0.25) is 5.82 Å². The highest BCUT2D eigenvalue weighted by molar-refractivity contribution is 5.89. The van der Waals surface area contributed by atoms with Crippen LogP contribution in [0.4, 0.5) is 13.2 Å². The third kappa shape index (κ3) is 5.09. The van der Waals surface area contributed by atoms with Crippen LogP contribution in [0.5, 0.6) is 11.5 Å². The fraction of sp³-hybridized carbons (Fsp3) is 0.111. The lowest BCUT2D eigenvalue weighted by Crippen LogP contribution is -2.10. The van der Waals surface area contributed by atoms with Gasteiger partial charge in [-0.3, -0.25) is 0 Å². The van der Waals surface area contributed by atoms with Crippen LogP contribution in [0.2, 0.25) is 0 Å². The van der Waals surface area contributed by atoms with E-state index >= 15 is 0 Å². The lowest BCUT2D eigenvalue weighted by molar-refractivity contribution is -0.131. The summed E-state index contributed by atoms with van der Waals surface area (Å²) >= 11 is 0. The molecule has 0 saturated heterocycles. The lowest BCUT2D eigenvalue weighted by Gasteiger charge is -2.13. The molecule has 0 aromatic heterocycles. The van der Waals surface area contributed by atoms with Crippen molar-refractivity contribution in [1.82, 2.24) is 0 Å². The topological polar surface area (TPSA) is 52.6 Å². The number of benzene rings is 3. The van der Waals surface area contributed by atoms with E-state index in [2.05, 4.69) is 13.2 Å². The summed E-state index contributed by atoms with van der Waals surface area (Å²) in [5, 5.41) is 0. The summed E-state index contributed by atoms with van der Waals surface area (Å²) in [5.41, 5.74) is 1.57. The van der Waals surface area contributed by atoms with E-state index in [0.717, 1.165) is 12.1 Å². The standard InChI is InChI=1S/C27H21F3O4/c1-14(2)26(31)33-18-7-9-19(16(5)12-18)21-8-6-17(13-22(21)28)20-10-11-23(25(30)24(20)29)34-27(32)15(3)4/h6-13H,1,3H2,2,4-5H3. The van der Waals surface area contributed by atoms with Crippen molar-refractivity contribution in [2.45, 2.75) is 20.8 Å². The summed E-state index contributed by atoms with van der Waals surface area (Å²) in [6, 6.07) is 11.0. The average Bonchev–Trinajstić information content (AvgIpc) is 2.77. The number of ether oxygens (including phenoxy) is 2. The summed E-state index contributed by atoms with van der Waals surface area (Å²) in [7, 11) is 0. The molecule has 34 heavy (non-hydrogen) atoms. The summed E-state index contributed by atoms with van der Waals surface area (Å²) in [4.78, 5) is 23.3. The minimum atomic E-state index is -1.37. The molecule has 4 nitrogen and oxygen atoms in total. The van der Waals surface area contributed by atoms with Crippen molar-refractivity contribution >= 4 is 11.9 Å². The molecule has 3 aromatic rings. The van der Waals surface area contributed by atoms with Crippen molar-refractivity contribution in [3.8, 4) is 33.8 Å². The Hall–Kier alpha value is -4.13. The highest BCUT2D eigenvalue weighted by Gasteiger charge is 2.20. The molecule has 0 amide bonds. The van der Waals surface area contributed by atoms with Crippen LogP contribution >= 0.6 is 0 Å². The van der Waals surface area contributed by atoms with Crippen LogP contribution in [0, 0.1) is 24.4 Å². The minimum Gasteiger partial charge on any atom is -0.423 e. The van der Waals surface area contributed by atoms with Gasteiger partial charge >= 0.3 is 11.9 Å². The number of hydrogen-bond donors (Lipinski definition) is 0. The van der Waals surface area contributed by atoms with Gasteiger partial charge in [-0.05, 0) is 67.8 Å². The zero-order chi connectivity index (χ0) is 25.2. The van der Waals surface area contributed by atoms with Crippen LogP contribution in [0.1, 0.15) is 19.4 Å². The number of aryl methyl sites for hydroxylation is 1. The largest absolute Gasteiger partial charge is 0.423 e. The molecule has 0 aliphatic rings. The fourth-order valence-electron chi connectivity index (χ4n) is 3.12. The van der Waals surface area contributed by atoms with Crippen molar-refractivity contribution in [3.05, 3.63) is 95.9 Å². The predicted octanol–water partition coefficient (Wildman–Crippen LogP) is 6.71. The van der Waals surface area contributed by atoms with E-state index in [9.17, 15) is 22.8 Å². The molecule has 0 unspecified atom stereocenters. The lowest BCUT2D eigenvalue weighted by atomic mass is 9.96. The van der Waals surface area contributed by atoms with Crippen LogP contribution in [-0.2, 0) is 9.59 Å². The van der Waals surface area contributed by atoms with Crippen molar-refractivity contribution in [2.75, 3.05) is 0 Å². The van der Waals surface area contributed by atoms with E-state index in [4.69, 9.17) is 9.47 Å². The van der Waals surface area contributed by atoms with Gasteiger partial charge in [-0.2, -0.15) is 4.39 Å². The SMILES string of the molecule is C=C(C)C(=O)Oc1ccc(-c2ccc(-c3ccc(OC(=O)C(=C)C)c(F)c3F)cc2F)c(C)c1. The first-order valence-corrected chi connectivity index (χ1v) is 10.1. The molecule has 0 atom stereocenters. The second-order valence-corrected chi connectivity index (χ2v) is 7.75. The Morgan fingerprint density at radius 3 is 1.91 bits per heavy atom. The van der Waals surface area contributed by atoms with Gasteiger partial charge in [-0.1, -0.05) is 31.4 Å². The Morgan fingerprint density at radius 1 is 0.735 bits per heavy atom. The van der Waals surface area contributed by atoms with Gasteiger partial charge in [0.15, 0.2) is 11.6 Å². The van der Waals surface area contributed by atoms with E-state index in [1.54, 1.807) is 19.1 Å². The predicted molar refractivity (Wildman–Crippen MR) is 123 cm³/mol. The maximum atomic E-state index is 15.0. The number of hydrogen-bond acceptors (Lipinski definition) is 4. The third-order valence-electron chi connectivity index (χ3n) is 4.93. The van der Waals surface area contributed by atoms with Gasteiger partial charge in [0, 0.05) is 22.3 Å². The van der Waals surface area contributed by atoms with Gasteiger partial charge < -0.3 is 9.47 Å². The Morgan fingerprint density at radius 2 is 1.32 bits per heavy atom. The van der Waals surface area contributed by atoms with Gasteiger partial charge in [0.25, 0.3) is 0 Å². The first-order chi connectivity index (χ1) is 16.0. The third-order valence-corrected chi connectivity index (χ3v) is 4.93. The molecule has 0 saturated carbocycles. The molecule has 0 N–H and O–H groups in total. The number of rotatable bonds is 6. The van der Waals surface area contributed by atoms with Crippen LogP contribution < -0.4 is 9.47 Å². The molecule has 3 rings (SSSR count). The molecule has 3 aromatic carbocycles. The van der Waals surface area contributed by atoms with Crippen LogP contribution in [0.15, 0.2) is 72.8 Å². The van der Waals surface area contributed by atoms with Crippen LogP contribution in [0.3, 0.4) is 0 Å². The van der Waals surface area contributed by atoms with E-state index in [1.165, 1.54) is 38.1 Å². The molecule has 0 fully saturated rings. The molecular weight excluding hydrogens is 445 g/mol. The smallest absolute Gasteiger partial charge is 0.338 e. The molecule has 0 spiro atoms. The van der Waals surface area contributed by atoms with Crippen LogP contribution in [-0.4, -0.2) is 11.9 Å². The van der Waals surface area contributed by atoms with Crippen molar-refractivity contribution in [3.63, 3.8) is 0 Å². The van der Waals surface area contributed by atoms with Gasteiger partial charge in [-0.15, -0.1) is 0 Å². The number of carbonyl (C=O) groups is 2. The molecule has 7 heteroatoms. The average molecular weight is 466 g/mol. The Bertz CT molecular complexity index is 1340. The molecular formula is C27H21F3O4. The van der Waals surface area contributed by atoms with Crippen molar-refractivity contribution < 1.29 is 32.2 Å². The number of halogens is 3. The summed E-state index contributed by atoms with van der Waals surface area (Å²) in [5.74, 6) is -5.07. The van der Waals surface area contributed by atoms with E-state index < -0.39 is 35.1 Å². The molecule has 0 heterocycles. The summed E-state index contributed by atoms with van der Waals surface area (Å²) in [6.45, 7) is 11.5. The molecule has 0 aliphatic heterocycles. The maximum Gasteiger partial charge on any atom is 0.338 e. The molecule has 0 bridgehead atoms. The fourth-order valence-corrected chi connectivity index (χ4v) is 3.12. The second-order valence-electron chi connectivity index (χ2n) is 7.75. The number of carbonyl (C=O) groups excluding carboxylic acids is 2. The molecule has 0 aliphatic carbocycles. The zero-order valence-corrected chi connectivity index (χ0v) is 18.8. The zero-order valence-electron chi connectivity index (χ0n) is 18.8. The van der Waals surface area contributed by atoms with Gasteiger partial charge in [0.1, 0.15) is 11.6 Å². The normalized spacial score (nSPS) is 10.5. The molecule has 0 radical (unpaired) electrons. The molecule has 174 valence electrons. The van der Waals surface area contributed by atoms with E-state index in [0.29, 0.717) is 11.1 Å². The Balaban J connectivity index is 1.92. The van der Waals surface area contributed by atoms with Gasteiger partial charge in [0.05, 0.1) is 0 Å². The minimum absolute atomic E-state index is 0.0267. The maximum absolute atomic E-state index is 15.0. The number of esters is 2. The highest BCUT2D eigenvalue weighted by Crippen LogP contribution is 2.34. The van der Waals surface area contributed by atoms with Crippen LogP contribution in [0.25, 0.3) is 22.3 Å². The highest BCUT2D eigenvalue weighted by atomic mass is 19.2. The Kier molecular flexibility index (Phi) is 7.05.